The van der Waals surface area contributed by atoms with Gasteiger partial charge in [0.2, 0.25) is 10.0 Å². The topological polar surface area (TPSA) is 84.2 Å². The molecule has 1 aliphatic rings. The van der Waals surface area contributed by atoms with Gasteiger partial charge in [0.1, 0.15) is 6.33 Å². The van der Waals surface area contributed by atoms with Crippen LogP contribution in [0.2, 0.25) is 0 Å². The number of imidazole rings is 1. The fraction of sp³-hybridized carbons (Fsp3) is 0.278. The Morgan fingerprint density at radius 2 is 1.56 bits per heavy atom. The summed E-state index contributed by atoms with van der Waals surface area (Å²) < 4.78 is 28.9. The Labute approximate surface area is 158 Å². The molecule has 0 bridgehead atoms. The number of hydrogen-bond acceptors (Lipinski definition) is 6. The van der Waals surface area contributed by atoms with Gasteiger partial charge >= 0.3 is 0 Å². The molecule has 2 aromatic heterocycles. The molecule has 27 heavy (non-hydrogen) atoms. The number of piperazine rings is 1. The van der Waals surface area contributed by atoms with Crippen molar-refractivity contribution in [2.45, 2.75) is 11.8 Å². The average molecular weight is 384 g/mol. The highest BCUT2D eigenvalue weighted by Crippen LogP contribution is 2.20. The summed E-state index contributed by atoms with van der Waals surface area (Å²) in [6, 6.07) is 10.7. The van der Waals surface area contributed by atoms with Crippen LogP contribution in [0.5, 0.6) is 0 Å². The summed E-state index contributed by atoms with van der Waals surface area (Å²) in [6.45, 7) is 3.92. The second kappa shape index (κ2) is 7.09. The summed E-state index contributed by atoms with van der Waals surface area (Å²) in [4.78, 5) is 6.38. The lowest BCUT2D eigenvalue weighted by atomic mass is 10.2. The van der Waals surface area contributed by atoms with Crippen LogP contribution in [0.1, 0.15) is 5.56 Å². The minimum atomic E-state index is -3.46. The summed E-state index contributed by atoms with van der Waals surface area (Å²) in [5.41, 5.74) is 1.04. The van der Waals surface area contributed by atoms with Gasteiger partial charge in [0.15, 0.2) is 11.6 Å². The molecule has 140 valence electrons. The molecular weight excluding hydrogens is 364 g/mol. The molecule has 0 unspecified atom stereocenters. The summed E-state index contributed by atoms with van der Waals surface area (Å²) in [7, 11) is -3.46. The largest absolute Gasteiger partial charge is 0.352 e. The molecule has 0 radical (unpaired) electrons. The van der Waals surface area contributed by atoms with Crippen molar-refractivity contribution in [3.63, 3.8) is 0 Å². The molecule has 0 spiro atoms. The number of anilines is 1. The van der Waals surface area contributed by atoms with Crippen LogP contribution in [-0.2, 0) is 10.0 Å². The molecule has 4 rings (SSSR count). The maximum atomic E-state index is 12.8. The Hall–Kier alpha value is -2.78. The second-order valence-electron chi connectivity index (χ2n) is 6.42. The van der Waals surface area contributed by atoms with Crippen molar-refractivity contribution in [3.8, 4) is 5.82 Å². The summed E-state index contributed by atoms with van der Waals surface area (Å²) >= 11 is 0. The SMILES string of the molecule is Cc1ccc(S(=O)(=O)N2CCN(c3ccc(-n4ccnc4)nn3)CC2)cc1. The number of hydrogen-bond donors (Lipinski definition) is 0. The first-order valence-corrected chi connectivity index (χ1v) is 10.1. The number of aromatic nitrogens is 4. The maximum absolute atomic E-state index is 12.8. The summed E-state index contributed by atoms with van der Waals surface area (Å²) in [5, 5.41) is 8.49. The fourth-order valence-electron chi connectivity index (χ4n) is 3.04. The predicted octanol–water partition coefficient (Wildman–Crippen LogP) is 1.48. The quantitative estimate of drug-likeness (QED) is 0.677. The van der Waals surface area contributed by atoms with E-state index in [1.807, 2.05) is 36.1 Å². The van der Waals surface area contributed by atoms with Crippen LogP contribution in [0.4, 0.5) is 5.82 Å². The zero-order valence-electron chi connectivity index (χ0n) is 14.9. The van der Waals surface area contributed by atoms with Gasteiger partial charge in [-0.25, -0.2) is 13.4 Å². The van der Waals surface area contributed by atoms with Crippen molar-refractivity contribution in [1.29, 1.82) is 0 Å². The fourth-order valence-corrected chi connectivity index (χ4v) is 4.46. The van der Waals surface area contributed by atoms with Crippen LogP contribution in [0, 0.1) is 6.92 Å². The van der Waals surface area contributed by atoms with Gasteiger partial charge in [-0.3, -0.25) is 4.57 Å². The molecule has 0 aliphatic carbocycles. The van der Waals surface area contributed by atoms with E-state index in [0.717, 1.165) is 11.4 Å². The molecule has 3 heterocycles. The third-order valence-corrected chi connectivity index (χ3v) is 6.54. The number of sulfonamides is 1. The zero-order chi connectivity index (χ0) is 18.9. The highest BCUT2D eigenvalue weighted by atomic mass is 32.2. The normalized spacial score (nSPS) is 15.8. The van der Waals surface area contributed by atoms with Gasteiger partial charge in [0.05, 0.1) is 4.90 Å². The van der Waals surface area contributed by atoms with E-state index in [-0.39, 0.29) is 0 Å². The summed E-state index contributed by atoms with van der Waals surface area (Å²) in [6.07, 6.45) is 5.15. The molecule has 1 saturated heterocycles. The third kappa shape index (κ3) is 3.56. The number of nitrogens with zero attached hydrogens (tertiary/aromatic N) is 6. The molecule has 1 aromatic carbocycles. The first-order chi connectivity index (χ1) is 13.0. The van der Waals surface area contributed by atoms with Crippen LogP contribution in [0.25, 0.3) is 5.82 Å². The monoisotopic (exact) mass is 384 g/mol. The molecule has 0 saturated carbocycles. The molecular formula is C18H20N6O2S. The molecule has 0 atom stereocenters. The lowest BCUT2D eigenvalue weighted by Crippen LogP contribution is -2.49. The highest BCUT2D eigenvalue weighted by molar-refractivity contribution is 7.89. The van der Waals surface area contributed by atoms with Crippen molar-refractivity contribution in [1.82, 2.24) is 24.1 Å². The van der Waals surface area contributed by atoms with Crippen LogP contribution in [0.15, 0.2) is 60.0 Å². The lowest BCUT2D eigenvalue weighted by molar-refractivity contribution is 0.383. The van der Waals surface area contributed by atoms with Gasteiger partial charge < -0.3 is 4.90 Å². The Morgan fingerprint density at radius 3 is 2.15 bits per heavy atom. The van der Waals surface area contributed by atoms with Crippen molar-refractivity contribution in [2.75, 3.05) is 31.1 Å². The number of benzene rings is 1. The van der Waals surface area contributed by atoms with Crippen LogP contribution in [0.3, 0.4) is 0 Å². The van der Waals surface area contributed by atoms with E-state index >= 15 is 0 Å². The van der Waals surface area contributed by atoms with E-state index in [1.165, 1.54) is 4.31 Å². The van der Waals surface area contributed by atoms with Crippen molar-refractivity contribution >= 4 is 15.8 Å². The van der Waals surface area contributed by atoms with E-state index in [4.69, 9.17) is 0 Å². The molecule has 0 amide bonds. The van der Waals surface area contributed by atoms with E-state index < -0.39 is 10.0 Å². The van der Waals surface area contributed by atoms with Crippen LogP contribution >= 0.6 is 0 Å². The standard InChI is InChI=1S/C18H20N6O2S/c1-15-2-4-16(5-3-15)27(25,26)24-12-10-22(11-13-24)17-6-7-18(21-20-17)23-9-8-19-14-23/h2-9,14H,10-13H2,1H3. The molecule has 1 fully saturated rings. The lowest BCUT2D eigenvalue weighted by Gasteiger charge is -2.34. The predicted molar refractivity (Wildman–Crippen MR) is 101 cm³/mol. The van der Waals surface area contributed by atoms with Gasteiger partial charge in [0, 0.05) is 38.6 Å². The minimum absolute atomic E-state index is 0.339. The number of aryl methyl sites for hydroxylation is 1. The van der Waals surface area contributed by atoms with Crippen molar-refractivity contribution < 1.29 is 8.42 Å². The number of rotatable bonds is 4. The molecule has 8 nitrogen and oxygen atoms in total. The van der Waals surface area contributed by atoms with E-state index in [2.05, 4.69) is 15.2 Å². The minimum Gasteiger partial charge on any atom is -0.352 e. The maximum Gasteiger partial charge on any atom is 0.243 e. The van der Waals surface area contributed by atoms with Gasteiger partial charge in [-0.2, -0.15) is 4.31 Å². The van der Waals surface area contributed by atoms with Crippen molar-refractivity contribution in [3.05, 3.63) is 60.7 Å². The molecule has 0 N–H and O–H groups in total. The Morgan fingerprint density at radius 1 is 0.889 bits per heavy atom. The van der Waals surface area contributed by atoms with Gasteiger partial charge in [-0.05, 0) is 31.2 Å². The van der Waals surface area contributed by atoms with Gasteiger partial charge in [0.25, 0.3) is 0 Å². The highest BCUT2D eigenvalue weighted by Gasteiger charge is 2.28. The molecule has 3 aromatic rings. The Kier molecular flexibility index (Phi) is 4.63. The van der Waals surface area contributed by atoms with Gasteiger partial charge in [-0.15, -0.1) is 10.2 Å². The average Bonchev–Trinajstić information content (AvgIpc) is 3.23. The summed E-state index contributed by atoms with van der Waals surface area (Å²) in [5.74, 6) is 1.43. The van der Waals surface area contributed by atoms with E-state index in [1.54, 1.807) is 35.4 Å². The Bertz CT molecular complexity index is 993. The first kappa shape index (κ1) is 17.6. The van der Waals surface area contributed by atoms with Gasteiger partial charge in [-0.1, -0.05) is 17.7 Å². The van der Waals surface area contributed by atoms with Crippen molar-refractivity contribution in [2.24, 2.45) is 0 Å². The first-order valence-electron chi connectivity index (χ1n) is 8.68. The zero-order valence-corrected chi connectivity index (χ0v) is 15.7. The molecule has 9 heteroatoms. The molecule has 1 aliphatic heterocycles. The second-order valence-corrected chi connectivity index (χ2v) is 8.36. The van der Waals surface area contributed by atoms with E-state index in [9.17, 15) is 8.42 Å². The van der Waals surface area contributed by atoms with Crippen LogP contribution < -0.4 is 4.90 Å². The smallest absolute Gasteiger partial charge is 0.243 e. The van der Waals surface area contributed by atoms with Crippen LogP contribution in [-0.4, -0.2) is 58.7 Å². The Balaban J connectivity index is 1.43. The third-order valence-electron chi connectivity index (χ3n) is 4.63. The van der Waals surface area contributed by atoms with E-state index in [0.29, 0.717) is 36.9 Å².